The monoisotopic (exact) mass is 534 g/mol. The molecule has 1 aliphatic rings. The van der Waals surface area contributed by atoms with Crippen LogP contribution in [-0.4, -0.2) is 54.3 Å². The number of carbonyl (C=O) groups is 1. The summed E-state index contributed by atoms with van der Waals surface area (Å²) in [6.07, 6.45) is 0.379. The van der Waals surface area contributed by atoms with Crippen LogP contribution in [0.4, 0.5) is 17.6 Å². The predicted molar refractivity (Wildman–Crippen MR) is 134 cm³/mol. The summed E-state index contributed by atoms with van der Waals surface area (Å²) >= 11 is 0. The van der Waals surface area contributed by atoms with Crippen molar-refractivity contribution in [1.29, 1.82) is 0 Å². The van der Waals surface area contributed by atoms with Crippen molar-refractivity contribution in [2.45, 2.75) is 38.5 Å². The van der Waals surface area contributed by atoms with Crippen LogP contribution in [0, 0.1) is 17.0 Å². The molecule has 0 amide bonds. The predicted octanol–water partition coefficient (Wildman–Crippen LogP) is 6.03. The van der Waals surface area contributed by atoms with Gasteiger partial charge < -0.3 is 14.6 Å². The SMILES string of the molecule is COc1ccc2ncc(CF)c([C@@H](F)CCC3(C(=O)O)CCN(CCOc4cc(F)cc(F)c4)CC3)c2c1. The van der Waals surface area contributed by atoms with E-state index in [0.717, 1.165) is 18.2 Å². The van der Waals surface area contributed by atoms with Gasteiger partial charge in [-0.2, -0.15) is 0 Å². The third-order valence-corrected chi connectivity index (χ3v) is 7.31. The summed E-state index contributed by atoms with van der Waals surface area (Å²) in [7, 11) is 1.48. The number of nitrogens with zero attached hydrogens (tertiary/aromatic N) is 2. The first-order chi connectivity index (χ1) is 18.2. The lowest BCUT2D eigenvalue weighted by Crippen LogP contribution is -2.45. The Kier molecular flexibility index (Phi) is 8.71. The number of aliphatic carboxylic acids is 1. The third kappa shape index (κ3) is 6.18. The molecule has 0 aliphatic carbocycles. The van der Waals surface area contributed by atoms with E-state index in [1.165, 1.54) is 13.3 Å². The number of aromatic nitrogens is 1. The lowest BCUT2D eigenvalue weighted by Gasteiger charge is -2.39. The van der Waals surface area contributed by atoms with Gasteiger partial charge >= 0.3 is 5.97 Å². The zero-order chi connectivity index (χ0) is 27.3. The second-order valence-electron chi connectivity index (χ2n) is 9.60. The Hall–Kier alpha value is -3.40. The highest BCUT2D eigenvalue weighted by molar-refractivity contribution is 5.85. The average Bonchev–Trinajstić information content (AvgIpc) is 2.90. The fourth-order valence-corrected chi connectivity index (χ4v) is 5.06. The van der Waals surface area contributed by atoms with Gasteiger partial charge in [0.25, 0.3) is 0 Å². The quantitative estimate of drug-likeness (QED) is 0.303. The molecular weight excluding hydrogens is 504 g/mol. The van der Waals surface area contributed by atoms with Crippen LogP contribution >= 0.6 is 0 Å². The van der Waals surface area contributed by atoms with E-state index in [9.17, 15) is 23.1 Å². The summed E-state index contributed by atoms with van der Waals surface area (Å²) in [5.41, 5.74) is -0.287. The molecule has 204 valence electrons. The smallest absolute Gasteiger partial charge is 0.309 e. The van der Waals surface area contributed by atoms with E-state index in [-0.39, 0.29) is 36.3 Å². The third-order valence-electron chi connectivity index (χ3n) is 7.31. The number of piperidine rings is 1. The van der Waals surface area contributed by atoms with Gasteiger partial charge in [-0.3, -0.25) is 14.7 Å². The van der Waals surface area contributed by atoms with Gasteiger partial charge in [-0.25, -0.2) is 17.6 Å². The summed E-state index contributed by atoms with van der Waals surface area (Å²) in [4.78, 5) is 18.5. The Balaban J connectivity index is 1.39. The molecule has 10 heteroatoms. The largest absolute Gasteiger partial charge is 0.497 e. The molecule has 1 fully saturated rings. The molecule has 2 heterocycles. The maximum absolute atomic E-state index is 15.7. The number of hydrogen-bond donors (Lipinski definition) is 1. The number of alkyl halides is 2. The van der Waals surface area contributed by atoms with Gasteiger partial charge in [0.2, 0.25) is 0 Å². The van der Waals surface area contributed by atoms with Crippen LogP contribution in [0.25, 0.3) is 10.9 Å². The molecule has 0 spiro atoms. The molecule has 4 rings (SSSR count). The molecule has 2 aromatic carbocycles. The van der Waals surface area contributed by atoms with Crippen LogP contribution in [0.2, 0.25) is 0 Å². The number of fused-ring (bicyclic) bond motifs is 1. The van der Waals surface area contributed by atoms with Gasteiger partial charge in [-0.05, 0) is 57.0 Å². The summed E-state index contributed by atoms with van der Waals surface area (Å²) in [6.45, 7) is 0.647. The van der Waals surface area contributed by atoms with Crippen molar-refractivity contribution in [2.24, 2.45) is 5.41 Å². The molecule has 6 nitrogen and oxygen atoms in total. The summed E-state index contributed by atoms with van der Waals surface area (Å²) in [5, 5.41) is 10.5. The first-order valence-corrected chi connectivity index (χ1v) is 12.4. The Morgan fingerprint density at radius 2 is 1.84 bits per heavy atom. The molecular formula is C28H30F4N2O4. The van der Waals surface area contributed by atoms with Crippen molar-refractivity contribution >= 4 is 16.9 Å². The second kappa shape index (κ2) is 12.0. The number of rotatable bonds is 11. The maximum Gasteiger partial charge on any atom is 0.309 e. The molecule has 0 radical (unpaired) electrons. The lowest BCUT2D eigenvalue weighted by molar-refractivity contribution is -0.153. The summed E-state index contributed by atoms with van der Waals surface area (Å²) in [5.74, 6) is -1.87. The lowest BCUT2D eigenvalue weighted by atomic mass is 9.74. The van der Waals surface area contributed by atoms with Gasteiger partial charge in [-0.1, -0.05) is 0 Å². The van der Waals surface area contributed by atoms with Crippen molar-refractivity contribution in [3.8, 4) is 11.5 Å². The average molecular weight is 535 g/mol. The van der Waals surface area contributed by atoms with E-state index >= 15 is 4.39 Å². The fraction of sp³-hybridized carbons (Fsp3) is 0.429. The number of ether oxygens (including phenoxy) is 2. The van der Waals surface area contributed by atoms with Crippen LogP contribution in [0.1, 0.15) is 43.0 Å². The zero-order valence-electron chi connectivity index (χ0n) is 21.1. The minimum absolute atomic E-state index is 0.0795. The number of hydrogen-bond acceptors (Lipinski definition) is 5. The van der Waals surface area contributed by atoms with Crippen LogP contribution in [-0.2, 0) is 11.5 Å². The van der Waals surface area contributed by atoms with Crippen molar-refractivity contribution in [2.75, 3.05) is 33.4 Å². The molecule has 38 heavy (non-hydrogen) atoms. The number of benzene rings is 2. The van der Waals surface area contributed by atoms with E-state index in [0.29, 0.717) is 49.1 Å². The van der Waals surface area contributed by atoms with Gasteiger partial charge in [0.05, 0.1) is 18.0 Å². The Labute approximate surface area is 218 Å². The van der Waals surface area contributed by atoms with Crippen LogP contribution in [0.3, 0.4) is 0 Å². The maximum atomic E-state index is 15.7. The fourth-order valence-electron chi connectivity index (χ4n) is 5.06. The zero-order valence-corrected chi connectivity index (χ0v) is 21.1. The normalized spacial score (nSPS) is 16.3. The van der Waals surface area contributed by atoms with Crippen LogP contribution < -0.4 is 9.47 Å². The van der Waals surface area contributed by atoms with Crippen molar-refractivity contribution in [3.63, 3.8) is 0 Å². The van der Waals surface area contributed by atoms with E-state index in [4.69, 9.17) is 9.47 Å². The first kappa shape index (κ1) is 27.6. The highest BCUT2D eigenvalue weighted by atomic mass is 19.1. The highest BCUT2D eigenvalue weighted by Crippen LogP contribution is 2.41. The highest BCUT2D eigenvalue weighted by Gasteiger charge is 2.41. The molecule has 1 aromatic heterocycles. The molecule has 1 atom stereocenters. The van der Waals surface area contributed by atoms with Crippen molar-refractivity contribution in [1.82, 2.24) is 9.88 Å². The number of methoxy groups -OCH3 is 1. The molecule has 0 bridgehead atoms. The number of halogens is 4. The van der Waals surface area contributed by atoms with Gasteiger partial charge in [0.1, 0.15) is 42.6 Å². The van der Waals surface area contributed by atoms with Gasteiger partial charge in [0.15, 0.2) is 0 Å². The van der Waals surface area contributed by atoms with E-state index in [2.05, 4.69) is 4.98 Å². The molecule has 0 saturated carbocycles. The Morgan fingerprint density at radius 1 is 1.13 bits per heavy atom. The topological polar surface area (TPSA) is 71.9 Å². The number of carboxylic acid groups (broad SMARTS) is 1. The standard InChI is InChI=1S/C28H30F4N2O4/c1-37-21-2-3-25-23(15-21)26(18(16-29)17-33-25)24(32)4-5-28(27(35)36)6-8-34(9-7-28)10-11-38-22-13-19(30)12-20(31)14-22/h2-3,12-15,17,24H,4-11,16H2,1H3,(H,35,36)/t24-/m0/s1. The van der Waals surface area contributed by atoms with Crippen LogP contribution in [0.5, 0.6) is 11.5 Å². The second-order valence-corrected chi connectivity index (χ2v) is 9.60. The molecule has 1 N–H and O–H groups in total. The van der Waals surface area contributed by atoms with Crippen LogP contribution in [0.15, 0.2) is 42.6 Å². The first-order valence-electron chi connectivity index (χ1n) is 12.4. The number of pyridine rings is 1. The van der Waals surface area contributed by atoms with Gasteiger partial charge in [-0.15, -0.1) is 0 Å². The van der Waals surface area contributed by atoms with Crippen molar-refractivity contribution < 1.29 is 36.9 Å². The molecule has 1 saturated heterocycles. The minimum Gasteiger partial charge on any atom is -0.497 e. The van der Waals surface area contributed by atoms with E-state index < -0.39 is 35.9 Å². The Bertz CT molecular complexity index is 1260. The van der Waals surface area contributed by atoms with E-state index in [1.807, 2.05) is 4.90 Å². The summed E-state index contributed by atoms with van der Waals surface area (Å²) in [6, 6.07) is 7.94. The molecule has 3 aromatic rings. The van der Waals surface area contributed by atoms with Gasteiger partial charge in [0, 0.05) is 47.5 Å². The Morgan fingerprint density at radius 3 is 2.47 bits per heavy atom. The number of likely N-dealkylation sites (tertiary alicyclic amines) is 1. The molecule has 1 aliphatic heterocycles. The summed E-state index contributed by atoms with van der Waals surface area (Å²) < 4.78 is 66.8. The minimum atomic E-state index is -1.58. The van der Waals surface area contributed by atoms with Crippen molar-refractivity contribution in [3.05, 3.63) is 65.4 Å². The van der Waals surface area contributed by atoms with E-state index in [1.54, 1.807) is 18.2 Å². The molecule has 0 unspecified atom stereocenters. The number of carboxylic acids is 1.